The maximum absolute atomic E-state index is 4.36. The minimum Gasteiger partial charge on any atom is -0.370 e. The van der Waals surface area contributed by atoms with Crippen LogP contribution >= 0.6 is 23.1 Å². The van der Waals surface area contributed by atoms with Crippen LogP contribution in [0, 0.1) is 0 Å². The van der Waals surface area contributed by atoms with Gasteiger partial charge >= 0.3 is 0 Å². The quantitative estimate of drug-likeness (QED) is 0.814. The van der Waals surface area contributed by atoms with Crippen LogP contribution in [0.25, 0.3) is 0 Å². The van der Waals surface area contributed by atoms with Gasteiger partial charge in [0.25, 0.3) is 0 Å². The van der Waals surface area contributed by atoms with Crippen LogP contribution in [0.3, 0.4) is 0 Å². The summed E-state index contributed by atoms with van der Waals surface area (Å²) in [7, 11) is 0. The molecule has 0 unspecified atom stereocenters. The molecule has 2 aromatic heterocycles. The summed E-state index contributed by atoms with van der Waals surface area (Å²) in [5, 5.41) is 11.0. The van der Waals surface area contributed by atoms with Crippen LogP contribution in [-0.2, 0) is 5.75 Å². The average Bonchev–Trinajstić information content (AvgIpc) is 2.88. The Labute approximate surface area is 109 Å². The summed E-state index contributed by atoms with van der Waals surface area (Å²) in [4.78, 5) is 4.36. The lowest BCUT2D eigenvalue weighted by Gasteiger charge is -2.04. The first kappa shape index (κ1) is 12.3. The number of rotatable bonds is 6. The van der Waals surface area contributed by atoms with E-state index >= 15 is 0 Å². The predicted octanol–water partition coefficient (Wildman–Crippen LogP) is 3.05. The van der Waals surface area contributed by atoms with Gasteiger partial charge in [-0.3, -0.25) is 0 Å². The number of pyridine rings is 1. The summed E-state index contributed by atoms with van der Waals surface area (Å²) < 4.78 is 0.998. The van der Waals surface area contributed by atoms with Crippen molar-refractivity contribution >= 4 is 28.9 Å². The molecule has 0 aliphatic heterocycles. The van der Waals surface area contributed by atoms with Gasteiger partial charge in [-0.2, -0.15) is 0 Å². The smallest absolute Gasteiger partial charge is 0.174 e. The molecule has 2 rings (SSSR count). The molecular formula is C11H14N4S2. The molecule has 0 saturated carbocycles. The Morgan fingerprint density at radius 2 is 2.35 bits per heavy atom. The maximum atomic E-state index is 4.36. The van der Waals surface area contributed by atoms with Gasteiger partial charge in [0.1, 0.15) is 11.3 Å². The van der Waals surface area contributed by atoms with E-state index in [2.05, 4.69) is 33.5 Å². The summed E-state index contributed by atoms with van der Waals surface area (Å²) in [5.41, 5.74) is 2.95. The monoisotopic (exact) mass is 266 g/mol. The molecule has 0 aromatic carbocycles. The second kappa shape index (κ2) is 6.56. The van der Waals surface area contributed by atoms with Crippen molar-refractivity contribution < 1.29 is 0 Å². The van der Waals surface area contributed by atoms with E-state index in [1.54, 1.807) is 28.6 Å². The summed E-state index contributed by atoms with van der Waals surface area (Å²) >= 11 is 3.25. The molecule has 0 spiro atoms. The van der Waals surface area contributed by atoms with E-state index in [1.165, 1.54) is 5.56 Å². The predicted molar refractivity (Wildman–Crippen MR) is 72.5 cm³/mol. The van der Waals surface area contributed by atoms with Crippen molar-refractivity contribution in [2.24, 2.45) is 0 Å². The Kier molecular flexibility index (Phi) is 4.75. The van der Waals surface area contributed by atoms with Crippen LogP contribution in [0.2, 0.25) is 0 Å². The van der Waals surface area contributed by atoms with Crippen molar-refractivity contribution in [3.63, 3.8) is 0 Å². The van der Waals surface area contributed by atoms with Crippen molar-refractivity contribution in [2.45, 2.75) is 23.4 Å². The second-order valence-corrected chi connectivity index (χ2v) is 5.53. The molecule has 0 bridgehead atoms. The molecule has 90 valence electrons. The minimum atomic E-state index is 0.885. The van der Waals surface area contributed by atoms with E-state index in [-0.39, 0.29) is 0 Å². The molecule has 2 heterocycles. The Bertz CT molecular complexity index is 427. The van der Waals surface area contributed by atoms with Gasteiger partial charge in [0, 0.05) is 18.5 Å². The molecule has 0 radical (unpaired) electrons. The zero-order valence-electron chi connectivity index (χ0n) is 9.59. The van der Waals surface area contributed by atoms with Crippen LogP contribution < -0.4 is 5.32 Å². The fourth-order valence-corrected chi connectivity index (χ4v) is 2.66. The fraction of sp³-hybridized carbons (Fsp3) is 0.364. The summed E-state index contributed by atoms with van der Waals surface area (Å²) in [6, 6.07) is 4.12. The zero-order chi connectivity index (χ0) is 11.9. The third kappa shape index (κ3) is 3.98. The number of nitrogens with one attached hydrogen (secondary N) is 1. The fourth-order valence-electron chi connectivity index (χ4n) is 1.24. The lowest BCUT2D eigenvalue weighted by Crippen LogP contribution is -2.01. The number of hydrogen-bond donors (Lipinski definition) is 1. The third-order valence-corrected chi connectivity index (χ3v) is 4.01. The number of hydrogen-bond acceptors (Lipinski definition) is 6. The third-order valence-electron chi connectivity index (χ3n) is 2.08. The van der Waals surface area contributed by atoms with Gasteiger partial charge in [-0.05, 0) is 18.1 Å². The van der Waals surface area contributed by atoms with Crippen LogP contribution in [0.1, 0.15) is 18.9 Å². The standard InChI is InChI=1S/C11H14N4S2/c1-2-5-12-10-4-3-9(6-13-10)7-16-11-15-14-8-17-11/h3-4,6,8H,2,5,7H2,1H3,(H,12,13). The Morgan fingerprint density at radius 3 is 3.00 bits per heavy atom. The van der Waals surface area contributed by atoms with E-state index in [9.17, 15) is 0 Å². The molecule has 0 atom stereocenters. The first-order valence-corrected chi connectivity index (χ1v) is 7.33. The van der Waals surface area contributed by atoms with Gasteiger partial charge in [-0.1, -0.05) is 36.1 Å². The van der Waals surface area contributed by atoms with Gasteiger partial charge in [-0.15, -0.1) is 10.2 Å². The van der Waals surface area contributed by atoms with Crippen molar-refractivity contribution in [2.75, 3.05) is 11.9 Å². The molecule has 4 nitrogen and oxygen atoms in total. The van der Waals surface area contributed by atoms with E-state index in [1.807, 2.05) is 12.3 Å². The van der Waals surface area contributed by atoms with Gasteiger partial charge < -0.3 is 5.32 Å². The number of anilines is 1. The van der Waals surface area contributed by atoms with Crippen molar-refractivity contribution in [1.29, 1.82) is 0 Å². The van der Waals surface area contributed by atoms with E-state index < -0.39 is 0 Å². The van der Waals surface area contributed by atoms with Crippen molar-refractivity contribution in [3.05, 3.63) is 29.4 Å². The van der Waals surface area contributed by atoms with Gasteiger partial charge in [0.05, 0.1) is 0 Å². The Morgan fingerprint density at radius 1 is 1.41 bits per heavy atom. The first-order valence-electron chi connectivity index (χ1n) is 5.46. The molecule has 0 aliphatic carbocycles. The first-order chi connectivity index (χ1) is 8.38. The maximum Gasteiger partial charge on any atom is 0.174 e. The SMILES string of the molecule is CCCNc1ccc(CSc2nncs2)cn1. The van der Waals surface area contributed by atoms with Crippen LogP contribution in [0.15, 0.2) is 28.2 Å². The van der Waals surface area contributed by atoms with Gasteiger partial charge in [0.15, 0.2) is 4.34 Å². The highest BCUT2D eigenvalue weighted by atomic mass is 32.2. The molecule has 0 fully saturated rings. The average molecular weight is 266 g/mol. The molecule has 2 aromatic rings. The lowest BCUT2D eigenvalue weighted by molar-refractivity contribution is 0.968. The topological polar surface area (TPSA) is 50.7 Å². The number of nitrogens with zero attached hydrogens (tertiary/aromatic N) is 3. The molecule has 17 heavy (non-hydrogen) atoms. The molecular weight excluding hydrogens is 252 g/mol. The van der Waals surface area contributed by atoms with Crippen LogP contribution in [0.5, 0.6) is 0 Å². The number of aromatic nitrogens is 3. The van der Waals surface area contributed by atoms with E-state index in [0.717, 1.165) is 28.9 Å². The molecule has 0 saturated heterocycles. The van der Waals surface area contributed by atoms with Crippen molar-refractivity contribution in [1.82, 2.24) is 15.2 Å². The largest absolute Gasteiger partial charge is 0.370 e. The normalized spacial score (nSPS) is 10.4. The Hall–Kier alpha value is -1.14. The summed E-state index contributed by atoms with van der Waals surface area (Å²) in [5.74, 6) is 1.83. The molecule has 0 aliphatic rings. The molecule has 0 amide bonds. The number of thioether (sulfide) groups is 1. The highest BCUT2D eigenvalue weighted by molar-refractivity contribution is 8.00. The summed E-state index contributed by atoms with van der Waals surface area (Å²) in [6.07, 6.45) is 3.02. The molecule has 1 N–H and O–H groups in total. The van der Waals surface area contributed by atoms with E-state index in [4.69, 9.17) is 0 Å². The summed E-state index contributed by atoms with van der Waals surface area (Å²) in [6.45, 7) is 3.10. The molecule has 6 heteroatoms. The Balaban J connectivity index is 1.85. The zero-order valence-corrected chi connectivity index (χ0v) is 11.2. The van der Waals surface area contributed by atoms with Gasteiger partial charge in [0.2, 0.25) is 0 Å². The lowest BCUT2D eigenvalue weighted by atomic mass is 10.3. The van der Waals surface area contributed by atoms with Crippen LogP contribution in [0.4, 0.5) is 5.82 Å². The minimum absolute atomic E-state index is 0.885. The van der Waals surface area contributed by atoms with Crippen LogP contribution in [-0.4, -0.2) is 21.7 Å². The second-order valence-electron chi connectivity index (χ2n) is 3.47. The van der Waals surface area contributed by atoms with Gasteiger partial charge in [-0.25, -0.2) is 4.98 Å². The van der Waals surface area contributed by atoms with E-state index in [0.29, 0.717) is 0 Å². The highest BCUT2D eigenvalue weighted by Crippen LogP contribution is 2.23. The highest BCUT2D eigenvalue weighted by Gasteiger charge is 2.00. The van der Waals surface area contributed by atoms with Crippen molar-refractivity contribution in [3.8, 4) is 0 Å².